The van der Waals surface area contributed by atoms with Gasteiger partial charge in [-0.05, 0) is 35.8 Å². The van der Waals surface area contributed by atoms with E-state index >= 15 is 0 Å². The molecule has 1 aromatic carbocycles. The summed E-state index contributed by atoms with van der Waals surface area (Å²) in [5.41, 5.74) is 2.31. The van der Waals surface area contributed by atoms with E-state index < -0.39 is 0 Å². The first-order chi connectivity index (χ1) is 9.28. The van der Waals surface area contributed by atoms with E-state index in [1.807, 2.05) is 18.2 Å². The first-order valence-corrected chi connectivity index (χ1v) is 6.35. The summed E-state index contributed by atoms with van der Waals surface area (Å²) in [5.74, 6) is 0.616. The summed E-state index contributed by atoms with van der Waals surface area (Å²) in [6, 6.07) is 11.8. The lowest BCUT2D eigenvalue weighted by Gasteiger charge is -1.99. The van der Waals surface area contributed by atoms with Crippen molar-refractivity contribution in [1.29, 1.82) is 0 Å². The van der Waals surface area contributed by atoms with Crippen molar-refractivity contribution < 1.29 is 9.21 Å². The van der Waals surface area contributed by atoms with Gasteiger partial charge >= 0.3 is 0 Å². The third kappa shape index (κ3) is 4.14. The van der Waals surface area contributed by atoms with Gasteiger partial charge in [0.25, 0.3) is 0 Å². The Balaban J connectivity index is 1.85. The summed E-state index contributed by atoms with van der Waals surface area (Å²) in [4.78, 5) is 11.6. The third-order valence-electron chi connectivity index (χ3n) is 2.83. The molecular weight excluding hydrogens is 238 g/mol. The highest BCUT2D eigenvalue weighted by Crippen LogP contribution is 2.06. The lowest BCUT2D eigenvalue weighted by molar-refractivity contribution is -0.116. The minimum atomic E-state index is -0.129. The predicted molar refractivity (Wildman–Crippen MR) is 75.4 cm³/mol. The predicted octanol–water partition coefficient (Wildman–Crippen LogP) is 3.17. The number of benzene rings is 1. The number of furan rings is 1. The topological polar surface area (TPSA) is 42.2 Å². The number of carbonyl (C=O) groups is 1. The van der Waals surface area contributed by atoms with Crippen LogP contribution in [0.5, 0.6) is 0 Å². The van der Waals surface area contributed by atoms with Crippen LogP contribution in [0.3, 0.4) is 0 Å². The monoisotopic (exact) mass is 255 g/mol. The SMILES string of the molecule is CCc1ccc(/C=C/C(=O)NCc2ccco2)cc1. The summed E-state index contributed by atoms with van der Waals surface area (Å²) in [6.45, 7) is 2.53. The molecule has 3 heteroatoms. The molecule has 1 amide bonds. The maximum absolute atomic E-state index is 11.6. The molecule has 0 saturated carbocycles. The molecule has 0 unspecified atom stereocenters. The fraction of sp³-hybridized carbons (Fsp3) is 0.188. The van der Waals surface area contributed by atoms with Crippen molar-refractivity contribution in [3.8, 4) is 0 Å². The van der Waals surface area contributed by atoms with Crippen LogP contribution in [-0.4, -0.2) is 5.91 Å². The fourth-order valence-corrected chi connectivity index (χ4v) is 1.68. The van der Waals surface area contributed by atoms with Gasteiger partial charge in [0.05, 0.1) is 12.8 Å². The van der Waals surface area contributed by atoms with Crippen LogP contribution in [0.1, 0.15) is 23.8 Å². The van der Waals surface area contributed by atoms with E-state index in [1.165, 1.54) is 11.6 Å². The Morgan fingerprint density at radius 2 is 2.05 bits per heavy atom. The summed E-state index contributed by atoms with van der Waals surface area (Å²) in [6.07, 6.45) is 5.95. The Hall–Kier alpha value is -2.29. The molecule has 0 radical (unpaired) electrons. The molecule has 0 fully saturated rings. The van der Waals surface area contributed by atoms with Crippen LogP contribution in [0, 0.1) is 0 Å². The number of hydrogen-bond donors (Lipinski definition) is 1. The maximum atomic E-state index is 11.6. The van der Waals surface area contributed by atoms with E-state index in [2.05, 4.69) is 24.4 Å². The molecule has 19 heavy (non-hydrogen) atoms. The largest absolute Gasteiger partial charge is 0.467 e. The summed E-state index contributed by atoms with van der Waals surface area (Å²) in [7, 11) is 0. The molecule has 1 N–H and O–H groups in total. The number of aryl methyl sites for hydroxylation is 1. The Kier molecular flexibility index (Phi) is 4.56. The van der Waals surface area contributed by atoms with E-state index in [4.69, 9.17) is 4.42 Å². The second-order valence-electron chi connectivity index (χ2n) is 4.23. The van der Waals surface area contributed by atoms with Crippen molar-refractivity contribution >= 4 is 12.0 Å². The highest BCUT2D eigenvalue weighted by molar-refractivity contribution is 5.91. The first-order valence-electron chi connectivity index (χ1n) is 6.35. The summed E-state index contributed by atoms with van der Waals surface area (Å²) >= 11 is 0. The first kappa shape index (κ1) is 13.1. The van der Waals surface area contributed by atoms with Crippen LogP contribution in [-0.2, 0) is 17.8 Å². The van der Waals surface area contributed by atoms with Gasteiger partial charge in [0.15, 0.2) is 0 Å². The molecule has 2 rings (SSSR count). The Morgan fingerprint density at radius 3 is 2.68 bits per heavy atom. The fourth-order valence-electron chi connectivity index (χ4n) is 1.68. The van der Waals surface area contributed by atoms with Crippen LogP contribution in [0.2, 0.25) is 0 Å². The van der Waals surface area contributed by atoms with Gasteiger partial charge in [-0.25, -0.2) is 0 Å². The Labute approximate surface area is 112 Å². The molecule has 0 atom stereocenters. The maximum Gasteiger partial charge on any atom is 0.244 e. The summed E-state index contributed by atoms with van der Waals surface area (Å²) in [5, 5.41) is 2.76. The lowest BCUT2D eigenvalue weighted by Crippen LogP contribution is -2.19. The number of hydrogen-bond acceptors (Lipinski definition) is 2. The minimum Gasteiger partial charge on any atom is -0.467 e. The number of nitrogens with one attached hydrogen (secondary N) is 1. The molecule has 3 nitrogen and oxygen atoms in total. The molecule has 0 bridgehead atoms. The Morgan fingerprint density at radius 1 is 1.26 bits per heavy atom. The van der Waals surface area contributed by atoms with Gasteiger partial charge in [-0.2, -0.15) is 0 Å². The molecule has 0 saturated heterocycles. The average Bonchev–Trinajstić information content (AvgIpc) is 2.96. The zero-order valence-corrected chi connectivity index (χ0v) is 10.9. The van der Waals surface area contributed by atoms with Gasteiger partial charge in [0.1, 0.15) is 5.76 Å². The second kappa shape index (κ2) is 6.59. The smallest absolute Gasteiger partial charge is 0.244 e. The zero-order valence-electron chi connectivity index (χ0n) is 10.9. The van der Waals surface area contributed by atoms with Gasteiger partial charge in [-0.1, -0.05) is 31.2 Å². The molecular formula is C16H17NO2. The zero-order chi connectivity index (χ0) is 13.5. The van der Waals surface area contributed by atoms with E-state index in [1.54, 1.807) is 18.4 Å². The number of amides is 1. The molecule has 1 heterocycles. The van der Waals surface area contributed by atoms with Crippen LogP contribution >= 0.6 is 0 Å². The van der Waals surface area contributed by atoms with Gasteiger partial charge in [-0.15, -0.1) is 0 Å². The Bertz CT molecular complexity index is 539. The lowest BCUT2D eigenvalue weighted by atomic mass is 10.1. The average molecular weight is 255 g/mol. The summed E-state index contributed by atoms with van der Waals surface area (Å²) < 4.78 is 5.13. The quantitative estimate of drug-likeness (QED) is 0.834. The van der Waals surface area contributed by atoms with Crippen LogP contribution in [0.25, 0.3) is 6.08 Å². The standard InChI is InChI=1S/C16H17NO2/c1-2-13-5-7-14(8-6-13)9-10-16(18)17-12-15-4-3-11-19-15/h3-11H,2,12H2,1H3,(H,17,18)/b10-9+. The van der Waals surface area contributed by atoms with Crippen LogP contribution < -0.4 is 5.32 Å². The van der Waals surface area contributed by atoms with E-state index in [0.717, 1.165) is 17.7 Å². The van der Waals surface area contributed by atoms with Gasteiger partial charge in [-0.3, -0.25) is 4.79 Å². The minimum absolute atomic E-state index is 0.129. The van der Waals surface area contributed by atoms with Gasteiger partial charge < -0.3 is 9.73 Å². The number of carbonyl (C=O) groups excluding carboxylic acids is 1. The third-order valence-corrected chi connectivity index (χ3v) is 2.83. The van der Waals surface area contributed by atoms with Crippen LogP contribution in [0.15, 0.2) is 53.2 Å². The van der Waals surface area contributed by atoms with E-state index in [9.17, 15) is 4.79 Å². The van der Waals surface area contributed by atoms with E-state index in [0.29, 0.717) is 6.54 Å². The highest BCUT2D eigenvalue weighted by Gasteiger charge is 1.98. The molecule has 2 aromatic rings. The van der Waals surface area contributed by atoms with Gasteiger partial charge in [0, 0.05) is 6.08 Å². The van der Waals surface area contributed by atoms with Crippen molar-refractivity contribution in [1.82, 2.24) is 5.32 Å². The van der Waals surface area contributed by atoms with Crippen molar-refractivity contribution in [3.05, 3.63) is 65.6 Å². The van der Waals surface area contributed by atoms with Crippen molar-refractivity contribution in [2.24, 2.45) is 0 Å². The molecule has 1 aromatic heterocycles. The molecule has 0 aliphatic heterocycles. The van der Waals surface area contributed by atoms with E-state index in [-0.39, 0.29) is 5.91 Å². The van der Waals surface area contributed by atoms with Gasteiger partial charge in [0.2, 0.25) is 5.91 Å². The van der Waals surface area contributed by atoms with Crippen molar-refractivity contribution in [2.75, 3.05) is 0 Å². The van der Waals surface area contributed by atoms with Crippen molar-refractivity contribution in [2.45, 2.75) is 19.9 Å². The molecule has 0 aliphatic rings. The number of rotatable bonds is 5. The van der Waals surface area contributed by atoms with Crippen LogP contribution in [0.4, 0.5) is 0 Å². The normalized spacial score (nSPS) is 10.8. The molecule has 0 spiro atoms. The van der Waals surface area contributed by atoms with Crippen molar-refractivity contribution in [3.63, 3.8) is 0 Å². The molecule has 98 valence electrons. The molecule has 0 aliphatic carbocycles. The highest BCUT2D eigenvalue weighted by atomic mass is 16.3. The second-order valence-corrected chi connectivity index (χ2v) is 4.23.